The van der Waals surface area contributed by atoms with Crippen molar-refractivity contribution in [2.45, 2.75) is 38.3 Å². The Hall–Kier alpha value is -2.50. The van der Waals surface area contributed by atoms with Crippen molar-refractivity contribution in [3.05, 3.63) is 6.33 Å². The summed E-state index contributed by atoms with van der Waals surface area (Å²) in [5, 5.41) is 13.3. The molecule has 11 nitrogen and oxygen atoms in total. The third kappa shape index (κ3) is 4.90. The molecule has 3 saturated heterocycles. The standard InChI is InChI=1S/C22H34N8O3/c31-15-17-3-1-7-30(17)22-25-20(23-5-8-27-11-13-33-14-12-27)19-21(26-22)29(16-24-19)10-9-28-6-2-4-18(28)32/h16-17,31H,1-15H2,(H,23,25,26). The van der Waals surface area contributed by atoms with E-state index in [1.165, 1.54) is 0 Å². The van der Waals surface area contributed by atoms with Crippen LogP contribution in [-0.4, -0.2) is 112 Å². The summed E-state index contributed by atoms with van der Waals surface area (Å²) >= 11 is 0. The van der Waals surface area contributed by atoms with Crippen LogP contribution in [0.3, 0.4) is 0 Å². The summed E-state index contributed by atoms with van der Waals surface area (Å²) in [6.45, 7) is 8.18. The summed E-state index contributed by atoms with van der Waals surface area (Å²) in [5.41, 5.74) is 1.51. The van der Waals surface area contributed by atoms with Crippen molar-refractivity contribution < 1.29 is 14.6 Å². The lowest BCUT2D eigenvalue weighted by Crippen LogP contribution is -2.39. The Balaban J connectivity index is 1.37. The molecule has 1 amide bonds. The number of nitrogens with one attached hydrogen (secondary N) is 1. The van der Waals surface area contributed by atoms with E-state index in [4.69, 9.17) is 14.7 Å². The van der Waals surface area contributed by atoms with Crippen molar-refractivity contribution >= 4 is 28.8 Å². The van der Waals surface area contributed by atoms with Gasteiger partial charge in [-0.2, -0.15) is 9.97 Å². The van der Waals surface area contributed by atoms with E-state index in [1.807, 2.05) is 9.47 Å². The third-order valence-electron chi connectivity index (χ3n) is 6.90. The van der Waals surface area contributed by atoms with E-state index in [9.17, 15) is 9.90 Å². The molecule has 2 N–H and O–H groups in total. The molecule has 0 aromatic carbocycles. The fourth-order valence-electron chi connectivity index (χ4n) is 4.96. The predicted octanol–water partition coefficient (Wildman–Crippen LogP) is 0.154. The molecule has 3 aliphatic heterocycles. The number of rotatable bonds is 9. The van der Waals surface area contributed by atoms with Crippen LogP contribution in [0.2, 0.25) is 0 Å². The number of imidazole rings is 1. The Morgan fingerprint density at radius 2 is 1.97 bits per heavy atom. The minimum atomic E-state index is 0.0437. The highest BCUT2D eigenvalue weighted by molar-refractivity contribution is 5.84. The van der Waals surface area contributed by atoms with Gasteiger partial charge in [0.05, 0.1) is 32.2 Å². The maximum Gasteiger partial charge on any atom is 0.229 e. The fraction of sp³-hybridized carbons (Fsp3) is 0.727. The van der Waals surface area contributed by atoms with Crippen LogP contribution in [0, 0.1) is 0 Å². The maximum absolute atomic E-state index is 12.0. The summed E-state index contributed by atoms with van der Waals surface area (Å²) in [5.74, 6) is 1.58. The van der Waals surface area contributed by atoms with Gasteiger partial charge in [-0.15, -0.1) is 0 Å². The van der Waals surface area contributed by atoms with Crippen LogP contribution in [0.25, 0.3) is 11.2 Å². The Labute approximate surface area is 193 Å². The molecule has 5 heterocycles. The zero-order chi connectivity index (χ0) is 22.6. The second kappa shape index (κ2) is 10.2. The van der Waals surface area contributed by atoms with Gasteiger partial charge in [0.15, 0.2) is 17.0 Å². The number of aliphatic hydroxyl groups excluding tert-OH is 1. The average molecular weight is 459 g/mol. The smallest absolute Gasteiger partial charge is 0.229 e. The highest BCUT2D eigenvalue weighted by Gasteiger charge is 2.28. The highest BCUT2D eigenvalue weighted by Crippen LogP contribution is 2.27. The van der Waals surface area contributed by atoms with Crippen LogP contribution < -0.4 is 10.2 Å². The average Bonchev–Trinajstić information content (AvgIpc) is 3.58. The number of anilines is 2. The topological polar surface area (TPSA) is 112 Å². The first kappa shape index (κ1) is 22.3. The van der Waals surface area contributed by atoms with Gasteiger partial charge in [0.2, 0.25) is 11.9 Å². The van der Waals surface area contributed by atoms with Crippen LogP contribution in [0.4, 0.5) is 11.8 Å². The van der Waals surface area contributed by atoms with Crippen LogP contribution in [-0.2, 0) is 16.1 Å². The van der Waals surface area contributed by atoms with Gasteiger partial charge in [-0.1, -0.05) is 0 Å². The molecule has 2 aromatic rings. The Morgan fingerprint density at radius 3 is 2.76 bits per heavy atom. The zero-order valence-electron chi connectivity index (χ0n) is 19.2. The SMILES string of the molecule is O=C1CCCN1CCn1cnc2c(NCCN3CCOCC3)nc(N3CCCC3CO)nc21. The normalized spacial score (nSPS) is 22.1. The van der Waals surface area contributed by atoms with Gasteiger partial charge in [-0.3, -0.25) is 9.69 Å². The third-order valence-corrected chi connectivity index (χ3v) is 6.90. The lowest BCUT2D eigenvalue weighted by molar-refractivity contribution is -0.127. The van der Waals surface area contributed by atoms with E-state index >= 15 is 0 Å². The molecule has 0 spiro atoms. The molecule has 0 radical (unpaired) electrons. The first-order valence-electron chi connectivity index (χ1n) is 12.1. The van der Waals surface area contributed by atoms with Crippen molar-refractivity contribution in [2.75, 3.05) is 75.9 Å². The number of ether oxygens (including phenoxy) is 1. The maximum atomic E-state index is 12.0. The van der Waals surface area contributed by atoms with Crippen molar-refractivity contribution in [1.29, 1.82) is 0 Å². The number of carbonyl (C=O) groups is 1. The molecule has 0 saturated carbocycles. The van der Waals surface area contributed by atoms with E-state index in [1.54, 1.807) is 6.33 Å². The lowest BCUT2D eigenvalue weighted by atomic mass is 10.2. The van der Waals surface area contributed by atoms with Crippen molar-refractivity contribution in [3.8, 4) is 0 Å². The Kier molecular flexibility index (Phi) is 6.88. The van der Waals surface area contributed by atoms with E-state index in [0.29, 0.717) is 25.5 Å². The second-order valence-electron chi connectivity index (χ2n) is 9.02. The van der Waals surface area contributed by atoms with Crippen LogP contribution >= 0.6 is 0 Å². The number of nitrogens with zero attached hydrogens (tertiary/aromatic N) is 7. The van der Waals surface area contributed by atoms with E-state index in [-0.39, 0.29) is 18.6 Å². The van der Waals surface area contributed by atoms with E-state index in [2.05, 4.69) is 20.1 Å². The molecule has 0 bridgehead atoms. The van der Waals surface area contributed by atoms with Crippen molar-refractivity contribution in [2.24, 2.45) is 0 Å². The minimum absolute atomic E-state index is 0.0437. The minimum Gasteiger partial charge on any atom is -0.394 e. The predicted molar refractivity (Wildman–Crippen MR) is 124 cm³/mol. The molecule has 1 atom stereocenters. The molecule has 180 valence electrons. The summed E-state index contributed by atoms with van der Waals surface area (Å²) in [6.07, 6.45) is 5.33. The number of aromatic nitrogens is 4. The second-order valence-corrected chi connectivity index (χ2v) is 9.02. The van der Waals surface area contributed by atoms with Gasteiger partial charge in [0, 0.05) is 58.8 Å². The molecule has 0 aliphatic carbocycles. The summed E-state index contributed by atoms with van der Waals surface area (Å²) in [6, 6.07) is 0.0437. The molecule has 3 aliphatic rings. The monoisotopic (exact) mass is 458 g/mol. The highest BCUT2D eigenvalue weighted by atomic mass is 16.5. The van der Waals surface area contributed by atoms with Gasteiger partial charge < -0.3 is 29.5 Å². The zero-order valence-corrected chi connectivity index (χ0v) is 19.2. The van der Waals surface area contributed by atoms with Crippen molar-refractivity contribution in [1.82, 2.24) is 29.3 Å². The Bertz CT molecular complexity index is 961. The van der Waals surface area contributed by atoms with Gasteiger partial charge in [-0.25, -0.2) is 4.98 Å². The largest absolute Gasteiger partial charge is 0.394 e. The van der Waals surface area contributed by atoms with E-state index < -0.39 is 0 Å². The number of amides is 1. The molecule has 3 fully saturated rings. The number of hydrogen-bond donors (Lipinski definition) is 2. The van der Waals surface area contributed by atoms with Gasteiger partial charge in [0.25, 0.3) is 0 Å². The summed E-state index contributed by atoms with van der Waals surface area (Å²) < 4.78 is 7.46. The molecule has 33 heavy (non-hydrogen) atoms. The molecular weight excluding hydrogens is 424 g/mol. The molecule has 11 heteroatoms. The summed E-state index contributed by atoms with van der Waals surface area (Å²) in [7, 11) is 0. The van der Waals surface area contributed by atoms with Crippen LogP contribution in [0.15, 0.2) is 6.33 Å². The number of carbonyl (C=O) groups excluding carboxylic acids is 1. The summed E-state index contributed by atoms with van der Waals surface area (Å²) in [4.78, 5) is 32.8. The lowest BCUT2D eigenvalue weighted by Gasteiger charge is -2.27. The Morgan fingerprint density at radius 1 is 1.09 bits per heavy atom. The first-order valence-corrected chi connectivity index (χ1v) is 12.1. The van der Waals surface area contributed by atoms with Crippen LogP contribution in [0.5, 0.6) is 0 Å². The molecular formula is C22H34N8O3. The van der Waals surface area contributed by atoms with Crippen LogP contribution in [0.1, 0.15) is 25.7 Å². The number of morpholine rings is 1. The van der Waals surface area contributed by atoms with Gasteiger partial charge in [0.1, 0.15) is 0 Å². The molecule has 2 aromatic heterocycles. The van der Waals surface area contributed by atoms with Gasteiger partial charge in [-0.05, 0) is 19.3 Å². The quantitative estimate of drug-likeness (QED) is 0.542. The fourth-order valence-corrected chi connectivity index (χ4v) is 4.96. The van der Waals surface area contributed by atoms with E-state index in [0.717, 1.165) is 88.7 Å². The molecule has 5 rings (SSSR count). The van der Waals surface area contributed by atoms with Crippen molar-refractivity contribution in [3.63, 3.8) is 0 Å². The first-order chi connectivity index (χ1) is 16.2. The molecule has 1 unspecified atom stereocenters. The number of fused-ring (bicyclic) bond motifs is 1. The number of hydrogen-bond acceptors (Lipinski definition) is 9. The number of aliphatic hydroxyl groups is 1. The number of likely N-dealkylation sites (tertiary alicyclic amines) is 1. The van der Waals surface area contributed by atoms with Gasteiger partial charge >= 0.3 is 0 Å².